The molecule has 2 aromatic rings. The van der Waals surface area contributed by atoms with E-state index in [-0.39, 0.29) is 17.3 Å². The van der Waals surface area contributed by atoms with E-state index in [1.807, 2.05) is 57.7 Å². The van der Waals surface area contributed by atoms with Crippen molar-refractivity contribution in [3.8, 4) is 17.0 Å². The number of amides is 1. The van der Waals surface area contributed by atoms with Crippen LogP contribution in [0.15, 0.2) is 30.3 Å². The van der Waals surface area contributed by atoms with Crippen molar-refractivity contribution < 1.29 is 14.6 Å². The largest absolute Gasteiger partial charge is 0.507 e. The summed E-state index contributed by atoms with van der Waals surface area (Å²) in [5, 5.41) is 18.5. The Morgan fingerprint density at radius 1 is 1.03 bits per heavy atom. The van der Waals surface area contributed by atoms with Gasteiger partial charge in [0.15, 0.2) is 5.82 Å². The minimum absolute atomic E-state index is 0.173. The van der Waals surface area contributed by atoms with E-state index in [1.54, 1.807) is 12.1 Å². The molecule has 1 amide bonds. The molecule has 4 rings (SSSR count). The van der Waals surface area contributed by atoms with E-state index in [0.29, 0.717) is 17.1 Å². The molecule has 0 aliphatic carbocycles. The van der Waals surface area contributed by atoms with E-state index in [1.165, 1.54) is 0 Å². The number of phenols is 1. The molecule has 2 aliphatic heterocycles. The minimum atomic E-state index is -0.467. The molecule has 1 aromatic heterocycles. The number of piperidine rings is 2. The van der Waals surface area contributed by atoms with Gasteiger partial charge in [-0.3, -0.25) is 0 Å². The van der Waals surface area contributed by atoms with Crippen molar-refractivity contribution in [2.24, 2.45) is 5.41 Å². The van der Waals surface area contributed by atoms with Gasteiger partial charge in [0.2, 0.25) is 0 Å². The van der Waals surface area contributed by atoms with Crippen molar-refractivity contribution in [2.45, 2.75) is 65.9 Å². The smallest absolute Gasteiger partial charge is 0.410 e. The monoisotopic (exact) mass is 469 g/mol. The molecule has 0 atom stereocenters. The van der Waals surface area contributed by atoms with Crippen LogP contribution in [-0.4, -0.2) is 58.1 Å². The molecule has 2 saturated heterocycles. The van der Waals surface area contributed by atoms with E-state index >= 15 is 0 Å². The SMILES string of the molecule is CC.CC(C)(C)OC(=O)N1CCC2(CC1)CCN(c1cc(-c3ccccc3O)nnc1N)CC2. The second-order valence-corrected chi connectivity index (χ2v) is 9.97. The van der Waals surface area contributed by atoms with E-state index in [2.05, 4.69) is 15.1 Å². The molecule has 2 fully saturated rings. The van der Waals surface area contributed by atoms with Crippen LogP contribution in [0.5, 0.6) is 5.75 Å². The lowest BCUT2D eigenvalue weighted by Crippen LogP contribution is -2.49. The minimum Gasteiger partial charge on any atom is -0.507 e. The Hall–Kier alpha value is -3.03. The molecule has 3 heterocycles. The quantitative estimate of drug-likeness (QED) is 0.632. The highest BCUT2D eigenvalue weighted by atomic mass is 16.6. The molecule has 8 nitrogen and oxygen atoms in total. The molecular formula is C26H39N5O3. The predicted octanol–water partition coefficient (Wildman–Crippen LogP) is 5.08. The summed E-state index contributed by atoms with van der Waals surface area (Å²) in [7, 11) is 0. The van der Waals surface area contributed by atoms with Crippen molar-refractivity contribution in [1.82, 2.24) is 15.1 Å². The number of hydrogen-bond donors (Lipinski definition) is 2. The number of likely N-dealkylation sites (tertiary alicyclic amines) is 1. The summed E-state index contributed by atoms with van der Waals surface area (Å²) in [6.07, 6.45) is 3.86. The zero-order valence-corrected chi connectivity index (χ0v) is 21.2. The lowest BCUT2D eigenvalue weighted by molar-refractivity contribution is 0.00666. The number of benzene rings is 1. The highest BCUT2D eigenvalue weighted by Crippen LogP contribution is 2.43. The van der Waals surface area contributed by atoms with Crippen LogP contribution in [0.3, 0.4) is 0 Å². The lowest BCUT2D eigenvalue weighted by atomic mass is 9.71. The summed E-state index contributed by atoms with van der Waals surface area (Å²) < 4.78 is 5.53. The van der Waals surface area contributed by atoms with Crippen molar-refractivity contribution >= 4 is 17.6 Å². The first-order valence-corrected chi connectivity index (χ1v) is 12.3. The first kappa shape index (κ1) is 25.6. The molecule has 34 heavy (non-hydrogen) atoms. The first-order valence-electron chi connectivity index (χ1n) is 12.3. The number of rotatable bonds is 2. The molecule has 2 aliphatic rings. The van der Waals surface area contributed by atoms with E-state index in [4.69, 9.17) is 10.5 Å². The molecular weight excluding hydrogens is 430 g/mol. The van der Waals surface area contributed by atoms with Crippen LogP contribution in [0, 0.1) is 5.41 Å². The van der Waals surface area contributed by atoms with Gasteiger partial charge in [-0.15, -0.1) is 10.2 Å². The Balaban J connectivity index is 0.00000158. The molecule has 8 heteroatoms. The number of carbonyl (C=O) groups is 1. The molecule has 3 N–H and O–H groups in total. The molecule has 0 saturated carbocycles. The number of nitrogens with two attached hydrogens (primary N) is 1. The number of aromatic hydroxyl groups is 1. The summed E-state index contributed by atoms with van der Waals surface area (Å²) in [4.78, 5) is 16.5. The van der Waals surface area contributed by atoms with Gasteiger partial charge >= 0.3 is 6.09 Å². The van der Waals surface area contributed by atoms with Gasteiger partial charge in [-0.1, -0.05) is 26.0 Å². The van der Waals surface area contributed by atoms with Crippen LogP contribution < -0.4 is 10.6 Å². The number of nitrogen functional groups attached to an aromatic ring is 1. The van der Waals surface area contributed by atoms with Gasteiger partial charge in [-0.2, -0.15) is 0 Å². The van der Waals surface area contributed by atoms with Gasteiger partial charge < -0.3 is 25.4 Å². The Morgan fingerprint density at radius 3 is 2.21 bits per heavy atom. The standard InChI is InChI=1S/C24H33N5O3.C2H6/c1-23(2,3)32-22(31)29-14-10-24(11-15-29)8-12-28(13-9-24)19-16-18(26-27-21(19)25)17-6-4-5-7-20(17)30;1-2/h4-7,16,30H,8-15H2,1-3H3,(H2,25,27);1-2H3. The lowest BCUT2D eigenvalue weighted by Gasteiger charge is -2.47. The van der Waals surface area contributed by atoms with Crippen molar-refractivity contribution in [3.63, 3.8) is 0 Å². The molecule has 186 valence electrons. The fourth-order valence-electron chi connectivity index (χ4n) is 4.68. The van der Waals surface area contributed by atoms with Crippen molar-refractivity contribution in [2.75, 3.05) is 36.8 Å². The zero-order valence-electron chi connectivity index (χ0n) is 21.2. The van der Waals surface area contributed by atoms with E-state index < -0.39 is 5.60 Å². The maximum Gasteiger partial charge on any atom is 0.410 e. The number of anilines is 2. The number of hydrogen-bond acceptors (Lipinski definition) is 7. The normalized spacial score (nSPS) is 17.7. The number of ether oxygens (including phenoxy) is 1. The summed E-state index contributed by atoms with van der Waals surface area (Å²) >= 11 is 0. The Bertz CT molecular complexity index is 971. The van der Waals surface area contributed by atoms with Crippen LogP contribution in [0.2, 0.25) is 0 Å². The van der Waals surface area contributed by atoms with Gasteiger partial charge in [0.1, 0.15) is 11.4 Å². The van der Waals surface area contributed by atoms with Crippen LogP contribution >= 0.6 is 0 Å². The first-order chi connectivity index (χ1) is 16.2. The molecule has 1 aromatic carbocycles. The number of carbonyl (C=O) groups excluding carboxylic acids is 1. The van der Waals surface area contributed by atoms with Crippen LogP contribution in [-0.2, 0) is 4.74 Å². The highest BCUT2D eigenvalue weighted by molar-refractivity contribution is 5.74. The second-order valence-electron chi connectivity index (χ2n) is 9.97. The van der Waals surface area contributed by atoms with Gasteiger partial charge in [0.25, 0.3) is 0 Å². The maximum absolute atomic E-state index is 12.4. The maximum atomic E-state index is 12.4. The summed E-state index contributed by atoms with van der Waals surface area (Å²) in [6.45, 7) is 12.9. The second kappa shape index (κ2) is 10.5. The van der Waals surface area contributed by atoms with E-state index in [0.717, 1.165) is 57.5 Å². The summed E-state index contributed by atoms with van der Waals surface area (Å²) in [5.74, 6) is 0.576. The van der Waals surface area contributed by atoms with Gasteiger partial charge in [-0.05, 0) is 70.1 Å². The molecule has 0 radical (unpaired) electrons. The highest BCUT2D eigenvalue weighted by Gasteiger charge is 2.39. The van der Waals surface area contributed by atoms with Gasteiger partial charge in [0, 0.05) is 31.7 Å². The van der Waals surface area contributed by atoms with Crippen molar-refractivity contribution in [1.29, 1.82) is 0 Å². The average Bonchev–Trinajstić information content (AvgIpc) is 2.81. The molecule has 1 spiro atoms. The van der Waals surface area contributed by atoms with Crippen LogP contribution in [0.25, 0.3) is 11.3 Å². The number of para-hydroxylation sites is 1. The van der Waals surface area contributed by atoms with Crippen LogP contribution in [0.1, 0.15) is 60.3 Å². The molecule has 0 bridgehead atoms. The Labute approximate surface area is 203 Å². The Kier molecular flexibility index (Phi) is 7.89. The average molecular weight is 470 g/mol. The summed E-state index contributed by atoms with van der Waals surface area (Å²) in [6, 6.07) is 9.02. The summed E-state index contributed by atoms with van der Waals surface area (Å²) in [5.41, 5.74) is 8.07. The number of aromatic nitrogens is 2. The predicted molar refractivity (Wildman–Crippen MR) is 136 cm³/mol. The number of nitrogens with zero attached hydrogens (tertiary/aromatic N) is 4. The topological polar surface area (TPSA) is 105 Å². The van der Waals surface area contributed by atoms with E-state index in [9.17, 15) is 9.90 Å². The third-order valence-corrected chi connectivity index (χ3v) is 6.62. The van der Waals surface area contributed by atoms with Gasteiger partial charge in [0.05, 0.1) is 11.4 Å². The Morgan fingerprint density at radius 2 is 1.62 bits per heavy atom. The molecule has 0 unspecified atom stereocenters. The number of phenolic OH excluding ortho intramolecular Hbond substituents is 1. The van der Waals surface area contributed by atoms with Crippen LogP contribution in [0.4, 0.5) is 16.3 Å². The van der Waals surface area contributed by atoms with Gasteiger partial charge in [-0.25, -0.2) is 4.79 Å². The zero-order chi connectivity index (χ0) is 24.9. The third-order valence-electron chi connectivity index (χ3n) is 6.62. The van der Waals surface area contributed by atoms with Crippen molar-refractivity contribution in [3.05, 3.63) is 30.3 Å². The fraction of sp³-hybridized carbons (Fsp3) is 0.577. The third kappa shape index (κ3) is 5.90. The fourth-order valence-corrected chi connectivity index (χ4v) is 4.68.